The summed E-state index contributed by atoms with van der Waals surface area (Å²) in [7, 11) is 0. The van der Waals surface area contributed by atoms with Crippen molar-refractivity contribution in [3.63, 3.8) is 0 Å². The lowest BCUT2D eigenvalue weighted by molar-refractivity contribution is -0.149. The molecule has 2 fully saturated rings. The molecule has 0 aliphatic carbocycles. The molecule has 7 nitrogen and oxygen atoms in total. The molecule has 1 amide bonds. The van der Waals surface area contributed by atoms with Gasteiger partial charge in [-0.3, -0.25) is 9.59 Å². The van der Waals surface area contributed by atoms with E-state index in [1.54, 1.807) is 11.0 Å². The van der Waals surface area contributed by atoms with Crippen LogP contribution >= 0.6 is 11.3 Å². The van der Waals surface area contributed by atoms with Crippen molar-refractivity contribution in [2.24, 2.45) is 11.3 Å². The van der Waals surface area contributed by atoms with E-state index in [4.69, 9.17) is 0 Å². The van der Waals surface area contributed by atoms with E-state index in [0.717, 1.165) is 10.2 Å². The highest BCUT2D eigenvalue weighted by Gasteiger charge is 2.62. The van der Waals surface area contributed by atoms with Crippen molar-refractivity contribution in [3.8, 4) is 0 Å². The highest BCUT2D eigenvalue weighted by Crippen LogP contribution is 2.45. The Balaban J connectivity index is 1.72. The first-order chi connectivity index (χ1) is 11.6. The smallest absolute Gasteiger partial charge is 0.314 e. The quantitative estimate of drug-likeness (QED) is 0.840. The first-order valence-electron chi connectivity index (χ1n) is 7.63. The molecule has 0 spiro atoms. The van der Waals surface area contributed by atoms with Gasteiger partial charge in [-0.25, -0.2) is 9.97 Å². The normalized spacial score (nSPS) is 26.2. The molecule has 0 bridgehead atoms. The number of rotatable bonds is 4. The van der Waals surface area contributed by atoms with Crippen LogP contribution in [0.15, 0.2) is 30.4 Å². The number of fused-ring (bicyclic) bond motifs is 2. The molecular formula is C16H16N4O3S. The summed E-state index contributed by atoms with van der Waals surface area (Å²) in [5, 5.41) is 12.7. The number of hydrogen-bond acceptors (Lipinski definition) is 6. The van der Waals surface area contributed by atoms with E-state index in [0.29, 0.717) is 18.9 Å². The summed E-state index contributed by atoms with van der Waals surface area (Å²) in [5.74, 6) is -0.890. The van der Waals surface area contributed by atoms with Crippen molar-refractivity contribution >= 4 is 39.2 Å². The zero-order valence-corrected chi connectivity index (χ0v) is 13.7. The van der Waals surface area contributed by atoms with Crippen LogP contribution in [-0.2, 0) is 9.59 Å². The minimum absolute atomic E-state index is 0.115. The second-order valence-corrected chi connectivity index (χ2v) is 7.13. The predicted molar refractivity (Wildman–Crippen MR) is 90.0 cm³/mol. The Morgan fingerprint density at radius 1 is 1.50 bits per heavy atom. The predicted octanol–water partition coefficient (Wildman–Crippen LogP) is 1.23. The maximum atomic E-state index is 12.6. The molecule has 2 atom stereocenters. The van der Waals surface area contributed by atoms with Crippen molar-refractivity contribution in [2.75, 3.05) is 31.1 Å². The minimum Gasteiger partial charge on any atom is -0.481 e. The molecule has 8 heteroatoms. The van der Waals surface area contributed by atoms with Crippen molar-refractivity contribution < 1.29 is 14.7 Å². The Kier molecular flexibility index (Phi) is 3.31. The number of hydrogen-bond donors (Lipinski definition) is 1. The van der Waals surface area contributed by atoms with E-state index in [-0.39, 0.29) is 19.0 Å². The number of carboxylic acid groups (broad SMARTS) is 1. The molecule has 0 aromatic carbocycles. The molecule has 2 aliphatic rings. The van der Waals surface area contributed by atoms with E-state index in [9.17, 15) is 14.7 Å². The molecule has 124 valence electrons. The topological polar surface area (TPSA) is 86.6 Å². The van der Waals surface area contributed by atoms with Crippen LogP contribution in [0, 0.1) is 11.3 Å². The van der Waals surface area contributed by atoms with Gasteiger partial charge in [-0.2, -0.15) is 0 Å². The van der Waals surface area contributed by atoms with Crippen molar-refractivity contribution in [1.29, 1.82) is 0 Å². The van der Waals surface area contributed by atoms with Gasteiger partial charge in [-0.1, -0.05) is 6.08 Å². The number of thiophene rings is 1. The van der Waals surface area contributed by atoms with E-state index in [1.165, 1.54) is 17.7 Å². The van der Waals surface area contributed by atoms with Gasteiger partial charge in [0.1, 0.15) is 22.4 Å². The average molecular weight is 344 g/mol. The molecule has 2 saturated heterocycles. The largest absolute Gasteiger partial charge is 0.481 e. The number of likely N-dealkylation sites (tertiary alicyclic amines) is 1. The van der Waals surface area contributed by atoms with Crippen LogP contribution in [0.5, 0.6) is 0 Å². The lowest BCUT2D eigenvalue weighted by Crippen LogP contribution is -2.41. The molecule has 0 unspecified atom stereocenters. The lowest BCUT2D eigenvalue weighted by Gasteiger charge is -2.25. The van der Waals surface area contributed by atoms with Crippen LogP contribution in [0.1, 0.15) is 0 Å². The van der Waals surface area contributed by atoms with Crippen LogP contribution < -0.4 is 4.90 Å². The molecule has 0 radical (unpaired) electrons. The fourth-order valence-corrected chi connectivity index (χ4v) is 4.54. The molecule has 4 heterocycles. The van der Waals surface area contributed by atoms with Crippen LogP contribution in [-0.4, -0.2) is 58.0 Å². The van der Waals surface area contributed by atoms with Gasteiger partial charge in [0.2, 0.25) is 5.91 Å². The number of anilines is 1. The van der Waals surface area contributed by atoms with Gasteiger partial charge in [0.05, 0.1) is 11.3 Å². The lowest BCUT2D eigenvalue weighted by atomic mass is 9.81. The van der Waals surface area contributed by atoms with E-state index in [2.05, 4.69) is 16.5 Å². The zero-order valence-electron chi connectivity index (χ0n) is 12.9. The number of nitrogens with zero attached hydrogens (tertiary/aromatic N) is 4. The maximum absolute atomic E-state index is 12.6. The number of aliphatic carboxylic acids is 1. The highest BCUT2D eigenvalue weighted by molar-refractivity contribution is 7.16. The number of carboxylic acids is 1. The summed E-state index contributed by atoms with van der Waals surface area (Å²) in [6.45, 7) is 4.87. The summed E-state index contributed by atoms with van der Waals surface area (Å²) < 4.78 is 0. The number of aromatic nitrogens is 2. The summed E-state index contributed by atoms with van der Waals surface area (Å²) in [6.07, 6.45) is 3.12. The Hall–Kier alpha value is -2.48. The van der Waals surface area contributed by atoms with Gasteiger partial charge in [-0.15, -0.1) is 17.9 Å². The van der Waals surface area contributed by atoms with Crippen LogP contribution in [0.25, 0.3) is 10.2 Å². The number of amides is 1. The van der Waals surface area contributed by atoms with Gasteiger partial charge in [0.25, 0.3) is 0 Å². The minimum atomic E-state index is -1.09. The van der Waals surface area contributed by atoms with Gasteiger partial charge in [0.15, 0.2) is 0 Å². The van der Waals surface area contributed by atoms with Crippen LogP contribution in [0.3, 0.4) is 0 Å². The van der Waals surface area contributed by atoms with Gasteiger partial charge in [-0.05, 0) is 11.4 Å². The third-order valence-corrected chi connectivity index (χ3v) is 5.76. The van der Waals surface area contributed by atoms with Crippen molar-refractivity contribution in [1.82, 2.24) is 14.9 Å². The van der Waals surface area contributed by atoms with Gasteiger partial charge < -0.3 is 14.9 Å². The van der Waals surface area contributed by atoms with Crippen molar-refractivity contribution in [2.45, 2.75) is 0 Å². The first-order valence-corrected chi connectivity index (χ1v) is 8.51. The van der Waals surface area contributed by atoms with Crippen LogP contribution in [0.4, 0.5) is 5.82 Å². The second-order valence-electron chi connectivity index (χ2n) is 6.24. The maximum Gasteiger partial charge on any atom is 0.314 e. The fourth-order valence-electron chi connectivity index (χ4n) is 3.81. The van der Waals surface area contributed by atoms with Gasteiger partial charge >= 0.3 is 5.97 Å². The molecule has 2 aromatic rings. The molecule has 2 aromatic heterocycles. The summed E-state index contributed by atoms with van der Waals surface area (Å²) >= 11 is 1.51. The van der Waals surface area contributed by atoms with Gasteiger partial charge in [0, 0.05) is 26.2 Å². The Bertz CT molecular complexity index is 851. The molecule has 0 saturated carbocycles. The van der Waals surface area contributed by atoms with Crippen molar-refractivity contribution in [3.05, 3.63) is 30.4 Å². The molecule has 4 rings (SSSR count). The Labute approximate surface area is 142 Å². The summed E-state index contributed by atoms with van der Waals surface area (Å²) in [5.41, 5.74) is -1.09. The van der Waals surface area contributed by atoms with Crippen LogP contribution in [0.2, 0.25) is 0 Å². The average Bonchev–Trinajstić information content (AvgIpc) is 3.23. The Morgan fingerprint density at radius 3 is 3.04 bits per heavy atom. The van der Waals surface area contributed by atoms with E-state index < -0.39 is 17.3 Å². The molecular weight excluding hydrogens is 328 g/mol. The highest BCUT2D eigenvalue weighted by atomic mass is 32.1. The SMILES string of the molecule is C=CCN1C[C@]2(C(=O)O)CN(c3ncnc4sccc34)C[C@@H]2C1=O. The Morgan fingerprint density at radius 2 is 2.33 bits per heavy atom. The fraction of sp³-hybridized carbons (Fsp3) is 0.375. The monoisotopic (exact) mass is 344 g/mol. The summed E-state index contributed by atoms with van der Waals surface area (Å²) in [6, 6.07) is 1.93. The number of carbonyl (C=O) groups is 2. The standard InChI is InChI=1S/C16H16N4O3S/c1-2-4-19-7-16(15(22)23)8-20(6-11(16)14(19)21)12-10-3-5-24-13(10)18-9-17-12/h2-3,5,9,11H,1,4,6-8H2,(H,22,23)/t11-,16+/m1/s1. The second kappa shape index (κ2) is 5.27. The summed E-state index contributed by atoms with van der Waals surface area (Å²) in [4.78, 5) is 37.6. The third kappa shape index (κ3) is 1.96. The molecule has 1 N–H and O–H groups in total. The molecule has 2 aliphatic heterocycles. The number of carbonyl (C=O) groups excluding carboxylic acids is 1. The third-order valence-electron chi connectivity index (χ3n) is 4.94. The van der Waals surface area contributed by atoms with E-state index in [1.807, 2.05) is 16.3 Å². The molecule has 24 heavy (non-hydrogen) atoms. The zero-order chi connectivity index (χ0) is 16.9. The first kappa shape index (κ1) is 15.1. The van der Waals surface area contributed by atoms with E-state index >= 15 is 0 Å².